The molecule has 0 saturated heterocycles. The van der Waals surface area contributed by atoms with Gasteiger partial charge in [-0.15, -0.1) is 0 Å². The molecule has 4 heteroatoms. The number of thioether (sulfide) groups is 1. The third-order valence-electron chi connectivity index (χ3n) is 2.49. The molecule has 0 atom stereocenters. The van der Waals surface area contributed by atoms with Crippen molar-refractivity contribution in [2.24, 2.45) is 5.92 Å². The van der Waals surface area contributed by atoms with Gasteiger partial charge in [0.1, 0.15) is 0 Å². The van der Waals surface area contributed by atoms with Crippen LogP contribution in [0, 0.1) is 5.92 Å². The maximum atomic E-state index is 4.35. The first-order valence-electron chi connectivity index (χ1n) is 5.75. The number of hydrogen-bond acceptors (Lipinski definition) is 3. The molecule has 0 aromatic carbocycles. The third-order valence-corrected chi connectivity index (χ3v) is 3.72. The highest BCUT2D eigenvalue weighted by Gasteiger charge is 2.18. The van der Waals surface area contributed by atoms with Gasteiger partial charge in [0.25, 0.3) is 0 Å². The van der Waals surface area contributed by atoms with Crippen molar-refractivity contribution in [2.45, 2.75) is 39.0 Å². The Morgan fingerprint density at radius 2 is 2.19 bits per heavy atom. The lowest BCUT2D eigenvalue weighted by molar-refractivity contribution is 0.568. The smallest absolute Gasteiger partial charge is 0.202 e. The Balaban J connectivity index is 2.63. The monoisotopic (exact) mass is 241 g/mol. The van der Waals surface area contributed by atoms with Crippen LogP contribution in [-0.2, 0) is 6.54 Å². The Morgan fingerprint density at radius 3 is 2.75 bits per heavy atom. The zero-order valence-electron chi connectivity index (χ0n) is 10.9. The van der Waals surface area contributed by atoms with Crippen LogP contribution < -0.4 is 5.32 Å². The van der Waals surface area contributed by atoms with Crippen molar-refractivity contribution in [3.05, 3.63) is 12.4 Å². The molecule has 1 N–H and O–H groups in total. The number of aromatic nitrogens is 2. The van der Waals surface area contributed by atoms with Crippen molar-refractivity contribution in [1.82, 2.24) is 9.55 Å². The van der Waals surface area contributed by atoms with Gasteiger partial charge in [-0.3, -0.25) is 0 Å². The van der Waals surface area contributed by atoms with Gasteiger partial charge in [-0.1, -0.05) is 13.8 Å². The van der Waals surface area contributed by atoms with E-state index in [1.165, 1.54) is 0 Å². The van der Waals surface area contributed by atoms with E-state index in [4.69, 9.17) is 0 Å². The Kier molecular flexibility index (Phi) is 4.71. The lowest BCUT2D eigenvalue weighted by atomic mass is 10.2. The van der Waals surface area contributed by atoms with Gasteiger partial charge < -0.3 is 9.88 Å². The van der Waals surface area contributed by atoms with E-state index in [9.17, 15) is 0 Å². The second kappa shape index (κ2) is 5.62. The minimum atomic E-state index is 0.245. The SMILES string of the molecule is CSC(C)(C)Cn1ccnc1NCC(C)C. The van der Waals surface area contributed by atoms with Crippen LogP contribution in [0.1, 0.15) is 27.7 Å². The summed E-state index contributed by atoms with van der Waals surface area (Å²) in [5, 5.41) is 3.38. The summed E-state index contributed by atoms with van der Waals surface area (Å²) in [6, 6.07) is 0. The first kappa shape index (κ1) is 13.4. The standard InChI is InChI=1S/C12H23N3S/c1-10(2)8-14-11-13-6-7-15(11)9-12(3,4)16-5/h6-7,10H,8-9H2,1-5H3,(H,13,14). The van der Waals surface area contributed by atoms with E-state index < -0.39 is 0 Å². The van der Waals surface area contributed by atoms with Crippen molar-refractivity contribution in [1.29, 1.82) is 0 Å². The Bertz CT molecular complexity index is 318. The van der Waals surface area contributed by atoms with Crippen molar-refractivity contribution < 1.29 is 0 Å². The van der Waals surface area contributed by atoms with Crippen molar-refractivity contribution in [3.8, 4) is 0 Å². The number of anilines is 1. The Morgan fingerprint density at radius 1 is 1.50 bits per heavy atom. The van der Waals surface area contributed by atoms with Gasteiger partial charge in [-0.25, -0.2) is 4.98 Å². The van der Waals surface area contributed by atoms with Gasteiger partial charge in [0.05, 0.1) is 0 Å². The normalized spacial score (nSPS) is 12.1. The summed E-state index contributed by atoms with van der Waals surface area (Å²) in [7, 11) is 0. The molecule has 0 amide bonds. The molecule has 1 aromatic rings. The summed E-state index contributed by atoms with van der Waals surface area (Å²) in [6.45, 7) is 10.9. The van der Waals surface area contributed by atoms with Crippen LogP contribution in [0.25, 0.3) is 0 Å². The molecule has 0 fully saturated rings. The average molecular weight is 241 g/mol. The molecular formula is C12H23N3S. The molecule has 0 radical (unpaired) electrons. The fourth-order valence-corrected chi connectivity index (χ4v) is 1.64. The van der Waals surface area contributed by atoms with Crippen LogP contribution in [0.5, 0.6) is 0 Å². The average Bonchev–Trinajstić information content (AvgIpc) is 2.61. The molecule has 3 nitrogen and oxygen atoms in total. The maximum Gasteiger partial charge on any atom is 0.202 e. The van der Waals surface area contributed by atoms with Gasteiger partial charge >= 0.3 is 0 Å². The fraction of sp³-hybridized carbons (Fsp3) is 0.750. The molecule has 0 spiro atoms. The van der Waals surface area contributed by atoms with E-state index in [1.807, 2.05) is 24.2 Å². The molecule has 0 aliphatic heterocycles. The molecule has 1 aromatic heterocycles. The number of nitrogens with one attached hydrogen (secondary N) is 1. The van der Waals surface area contributed by atoms with Crippen molar-refractivity contribution >= 4 is 17.7 Å². The molecule has 0 saturated carbocycles. The van der Waals surface area contributed by atoms with Crippen molar-refractivity contribution in [3.63, 3.8) is 0 Å². The first-order chi connectivity index (χ1) is 7.44. The predicted molar refractivity (Wildman–Crippen MR) is 73.1 cm³/mol. The van der Waals surface area contributed by atoms with Gasteiger partial charge in [-0.2, -0.15) is 11.8 Å². The number of nitrogens with zero attached hydrogens (tertiary/aromatic N) is 2. The quantitative estimate of drug-likeness (QED) is 0.830. The molecule has 1 heterocycles. The van der Waals surface area contributed by atoms with E-state index in [-0.39, 0.29) is 4.75 Å². The van der Waals surface area contributed by atoms with Crippen LogP contribution in [0.3, 0.4) is 0 Å². The Labute approximate surface area is 103 Å². The van der Waals surface area contributed by atoms with E-state index in [0.717, 1.165) is 19.0 Å². The highest BCUT2D eigenvalue weighted by Crippen LogP contribution is 2.24. The molecule has 92 valence electrons. The Hall–Kier alpha value is -0.640. The number of rotatable bonds is 6. The van der Waals surface area contributed by atoms with Gasteiger partial charge in [0.2, 0.25) is 5.95 Å². The minimum absolute atomic E-state index is 0.245. The highest BCUT2D eigenvalue weighted by molar-refractivity contribution is 7.99. The van der Waals surface area contributed by atoms with E-state index >= 15 is 0 Å². The van der Waals surface area contributed by atoms with Gasteiger partial charge in [0.15, 0.2) is 0 Å². The summed E-state index contributed by atoms with van der Waals surface area (Å²) < 4.78 is 2.44. The zero-order valence-corrected chi connectivity index (χ0v) is 11.8. The van der Waals surface area contributed by atoms with Crippen LogP contribution in [0.4, 0.5) is 5.95 Å². The molecule has 0 unspecified atom stereocenters. The summed E-state index contributed by atoms with van der Waals surface area (Å²) in [6.07, 6.45) is 6.05. The topological polar surface area (TPSA) is 29.9 Å². The lowest BCUT2D eigenvalue weighted by Gasteiger charge is -2.23. The highest BCUT2D eigenvalue weighted by atomic mass is 32.2. The minimum Gasteiger partial charge on any atom is -0.355 e. The molecule has 0 bridgehead atoms. The molecular weight excluding hydrogens is 218 g/mol. The predicted octanol–water partition coefficient (Wildman–Crippen LogP) is 3.09. The van der Waals surface area contributed by atoms with E-state index in [1.54, 1.807) is 0 Å². The van der Waals surface area contributed by atoms with E-state index in [2.05, 4.69) is 48.8 Å². The molecule has 0 aliphatic rings. The maximum absolute atomic E-state index is 4.35. The lowest BCUT2D eigenvalue weighted by Crippen LogP contribution is -2.24. The summed E-state index contributed by atoms with van der Waals surface area (Å²) in [4.78, 5) is 4.35. The van der Waals surface area contributed by atoms with Gasteiger partial charge in [-0.05, 0) is 26.0 Å². The van der Waals surface area contributed by atoms with Crippen LogP contribution in [0.15, 0.2) is 12.4 Å². The van der Waals surface area contributed by atoms with Crippen LogP contribution in [0.2, 0.25) is 0 Å². The summed E-state index contributed by atoms with van der Waals surface area (Å²) >= 11 is 1.88. The van der Waals surface area contributed by atoms with Crippen LogP contribution >= 0.6 is 11.8 Å². The summed E-state index contributed by atoms with van der Waals surface area (Å²) in [5.41, 5.74) is 0. The largest absolute Gasteiger partial charge is 0.355 e. The third kappa shape index (κ3) is 4.08. The van der Waals surface area contributed by atoms with E-state index in [0.29, 0.717) is 5.92 Å². The second-order valence-corrected chi connectivity index (χ2v) is 6.63. The fourth-order valence-electron chi connectivity index (χ4n) is 1.37. The molecule has 0 aliphatic carbocycles. The molecule has 1 rings (SSSR count). The first-order valence-corrected chi connectivity index (χ1v) is 6.97. The van der Waals surface area contributed by atoms with Crippen LogP contribution in [-0.4, -0.2) is 27.1 Å². The van der Waals surface area contributed by atoms with Gasteiger partial charge in [0, 0.05) is 30.2 Å². The number of imidazole rings is 1. The molecule has 16 heavy (non-hydrogen) atoms. The summed E-state index contributed by atoms with van der Waals surface area (Å²) in [5.74, 6) is 1.62. The number of hydrogen-bond donors (Lipinski definition) is 1. The zero-order chi connectivity index (χ0) is 12.2. The van der Waals surface area contributed by atoms with Crippen molar-refractivity contribution in [2.75, 3.05) is 18.1 Å². The second-order valence-electron chi connectivity index (χ2n) is 5.12.